The summed E-state index contributed by atoms with van der Waals surface area (Å²) < 4.78 is 0. The first kappa shape index (κ1) is 11.8. The third-order valence-electron chi connectivity index (χ3n) is 2.70. The first-order valence-corrected chi connectivity index (χ1v) is 5.90. The second kappa shape index (κ2) is 4.69. The van der Waals surface area contributed by atoms with E-state index in [4.69, 9.17) is 5.11 Å². The number of carboxylic acid groups (broad SMARTS) is 1. The predicted molar refractivity (Wildman–Crippen MR) is 64.2 cm³/mol. The van der Waals surface area contributed by atoms with Crippen molar-refractivity contribution in [1.29, 1.82) is 0 Å². The number of hydrogen-bond acceptors (Lipinski definition) is 4. The lowest BCUT2D eigenvalue weighted by Gasteiger charge is -2.25. The second-order valence-corrected chi connectivity index (χ2v) is 4.84. The molecule has 1 N–H and O–H groups in total. The molecule has 1 aliphatic carbocycles. The Kier molecular flexibility index (Phi) is 3.26. The van der Waals surface area contributed by atoms with Gasteiger partial charge in [0.25, 0.3) is 0 Å². The Morgan fingerprint density at radius 2 is 2.18 bits per heavy atom. The average molecular weight is 235 g/mol. The highest BCUT2D eigenvalue weighted by molar-refractivity contribution is 5.84. The molecule has 1 heterocycles. The molecular weight excluding hydrogens is 218 g/mol. The van der Waals surface area contributed by atoms with Crippen LogP contribution in [0.1, 0.15) is 37.2 Å². The fourth-order valence-electron chi connectivity index (χ4n) is 1.79. The summed E-state index contributed by atoms with van der Waals surface area (Å²) >= 11 is 0. The molecule has 0 atom stereocenters. The van der Waals surface area contributed by atoms with Crippen molar-refractivity contribution < 1.29 is 9.90 Å². The normalized spacial score (nSPS) is 15.0. The minimum absolute atomic E-state index is 0.00551. The number of aromatic nitrogens is 2. The first-order valence-electron chi connectivity index (χ1n) is 5.90. The fraction of sp³-hybridized carbons (Fsp3) is 0.583. The van der Waals surface area contributed by atoms with Crippen molar-refractivity contribution in [2.24, 2.45) is 5.92 Å². The van der Waals surface area contributed by atoms with E-state index in [1.165, 1.54) is 19.0 Å². The van der Waals surface area contributed by atoms with Crippen molar-refractivity contribution in [2.75, 3.05) is 11.4 Å². The van der Waals surface area contributed by atoms with Crippen LogP contribution >= 0.6 is 0 Å². The summed E-state index contributed by atoms with van der Waals surface area (Å²) in [4.78, 5) is 21.0. The van der Waals surface area contributed by atoms with Gasteiger partial charge in [-0.25, -0.2) is 14.8 Å². The summed E-state index contributed by atoms with van der Waals surface area (Å²) in [6, 6.07) is 0.558. The minimum Gasteiger partial charge on any atom is -0.476 e. The molecule has 0 aromatic carbocycles. The van der Waals surface area contributed by atoms with Crippen molar-refractivity contribution in [3.8, 4) is 0 Å². The predicted octanol–water partition coefficient (Wildman–Crippen LogP) is 1.80. The van der Waals surface area contributed by atoms with Gasteiger partial charge in [-0.3, -0.25) is 0 Å². The molecule has 1 fully saturated rings. The number of nitrogens with zero attached hydrogens (tertiary/aromatic N) is 3. The van der Waals surface area contributed by atoms with E-state index in [-0.39, 0.29) is 5.69 Å². The van der Waals surface area contributed by atoms with Crippen molar-refractivity contribution in [3.05, 3.63) is 18.1 Å². The third-order valence-corrected chi connectivity index (χ3v) is 2.70. The summed E-state index contributed by atoms with van der Waals surface area (Å²) in [5, 5.41) is 8.77. The maximum absolute atomic E-state index is 10.7. The van der Waals surface area contributed by atoms with E-state index in [0.29, 0.717) is 12.0 Å². The monoisotopic (exact) mass is 235 g/mol. The standard InChI is InChI=1S/C12H17N3O2/c1-8(2)7-15(9-3-4-9)11-6-13-10(5-14-11)12(16)17/h5-6,8-9H,3-4,7H2,1-2H3,(H,16,17). The Hall–Kier alpha value is -1.65. The summed E-state index contributed by atoms with van der Waals surface area (Å²) in [5.74, 6) is 0.300. The van der Waals surface area contributed by atoms with Crippen molar-refractivity contribution >= 4 is 11.8 Å². The molecule has 0 spiro atoms. The van der Waals surface area contributed by atoms with Gasteiger partial charge in [0.05, 0.1) is 12.4 Å². The quantitative estimate of drug-likeness (QED) is 0.843. The molecule has 5 nitrogen and oxygen atoms in total. The van der Waals surface area contributed by atoms with E-state index in [1.54, 1.807) is 6.20 Å². The molecule has 92 valence electrons. The van der Waals surface area contributed by atoms with Gasteiger partial charge in [0.2, 0.25) is 0 Å². The summed E-state index contributed by atoms with van der Waals surface area (Å²) in [6.45, 7) is 5.26. The van der Waals surface area contributed by atoms with Crippen molar-refractivity contribution in [2.45, 2.75) is 32.7 Å². The highest BCUT2D eigenvalue weighted by Crippen LogP contribution is 2.30. The topological polar surface area (TPSA) is 66.3 Å². The summed E-state index contributed by atoms with van der Waals surface area (Å²) in [6.07, 6.45) is 5.27. The zero-order chi connectivity index (χ0) is 12.4. The molecule has 1 saturated carbocycles. The number of carbonyl (C=O) groups is 1. The van der Waals surface area contributed by atoms with Crippen LogP contribution in [0.25, 0.3) is 0 Å². The maximum atomic E-state index is 10.7. The van der Waals surface area contributed by atoms with E-state index >= 15 is 0 Å². The highest BCUT2D eigenvalue weighted by atomic mass is 16.4. The SMILES string of the molecule is CC(C)CN(c1cnc(C(=O)O)cn1)C1CC1. The maximum Gasteiger partial charge on any atom is 0.356 e. The molecule has 0 radical (unpaired) electrons. The van der Waals surface area contributed by atoms with Crippen LogP contribution in [0.4, 0.5) is 5.82 Å². The molecule has 2 rings (SSSR count). The smallest absolute Gasteiger partial charge is 0.356 e. The Bertz CT molecular complexity index is 399. The van der Waals surface area contributed by atoms with Crippen LogP contribution in [0, 0.1) is 5.92 Å². The van der Waals surface area contributed by atoms with Crippen molar-refractivity contribution in [3.63, 3.8) is 0 Å². The number of rotatable bonds is 5. The van der Waals surface area contributed by atoms with Gasteiger partial charge in [0.1, 0.15) is 5.82 Å². The molecule has 0 saturated heterocycles. The first-order chi connectivity index (χ1) is 8.08. The molecular formula is C12H17N3O2. The second-order valence-electron chi connectivity index (χ2n) is 4.84. The van der Waals surface area contributed by atoms with Crippen LogP contribution in [-0.2, 0) is 0 Å². The molecule has 0 bridgehead atoms. The van der Waals surface area contributed by atoms with Crippen LogP contribution < -0.4 is 4.90 Å². The van der Waals surface area contributed by atoms with Crippen LogP contribution in [-0.4, -0.2) is 33.6 Å². The van der Waals surface area contributed by atoms with Gasteiger partial charge in [0.15, 0.2) is 5.69 Å². The van der Waals surface area contributed by atoms with Gasteiger partial charge in [-0.1, -0.05) is 13.8 Å². The number of carboxylic acids is 1. The number of aromatic carboxylic acids is 1. The lowest BCUT2D eigenvalue weighted by Crippen LogP contribution is -2.30. The van der Waals surface area contributed by atoms with Gasteiger partial charge in [-0.05, 0) is 18.8 Å². The molecule has 1 aromatic heterocycles. The number of anilines is 1. The van der Waals surface area contributed by atoms with Crippen LogP contribution in [0.2, 0.25) is 0 Å². The van der Waals surface area contributed by atoms with Crippen LogP contribution in [0.5, 0.6) is 0 Å². The number of hydrogen-bond donors (Lipinski definition) is 1. The van der Waals surface area contributed by atoms with E-state index in [2.05, 4.69) is 28.7 Å². The Morgan fingerprint density at radius 1 is 1.47 bits per heavy atom. The lowest BCUT2D eigenvalue weighted by molar-refractivity contribution is 0.0690. The average Bonchev–Trinajstić information content (AvgIpc) is 3.09. The Balaban J connectivity index is 2.15. The van der Waals surface area contributed by atoms with Gasteiger partial charge in [-0.2, -0.15) is 0 Å². The molecule has 1 aliphatic rings. The van der Waals surface area contributed by atoms with E-state index in [1.807, 2.05) is 0 Å². The molecule has 0 unspecified atom stereocenters. The molecule has 0 aliphatic heterocycles. The zero-order valence-corrected chi connectivity index (χ0v) is 10.1. The van der Waals surface area contributed by atoms with Crippen LogP contribution in [0.15, 0.2) is 12.4 Å². The van der Waals surface area contributed by atoms with Gasteiger partial charge in [0, 0.05) is 12.6 Å². The largest absolute Gasteiger partial charge is 0.476 e. The van der Waals surface area contributed by atoms with E-state index in [9.17, 15) is 4.79 Å². The highest BCUT2D eigenvalue weighted by Gasteiger charge is 2.30. The van der Waals surface area contributed by atoms with E-state index < -0.39 is 5.97 Å². The van der Waals surface area contributed by atoms with Gasteiger partial charge >= 0.3 is 5.97 Å². The molecule has 5 heteroatoms. The molecule has 0 amide bonds. The minimum atomic E-state index is -1.04. The van der Waals surface area contributed by atoms with Gasteiger partial charge in [-0.15, -0.1) is 0 Å². The molecule has 1 aromatic rings. The summed E-state index contributed by atoms with van der Waals surface area (Å²) in [5.41, 5.74) is -0.00551. The molecule has 17 heavy (non-hydrogen) atoms. The zero-order valence-electron chi connectivity index (χ0n) is 10.1. The Labute approximate surface area is 100 Å². The summed E-state index contributed by atoms with van der Waals surface area (Å²) in [7, 11) is 0. The van der Waals surface area contributed by atoms with Gasteiger partial charge < -0.3 is 10.0 Å². The third kappa shape index (κ3) is 2.93. The fourth-order valence-corrected chi connectivity index (χ4v) is 1.79. The van der Waals surface area contributed by atoms with Crippen molar-refractivity contribution in [1.82, 2.24) is 9.97 Å². The van der Waals surface area contributed by atoms with E-state index in [0.717, 1.165) is 12.4 Å². The van der Waals surface area contributed by atoms with Crippen LogP contribution in [0.3, 0.4) is 0 Å². The lowest BCUT2D eigenvalue weighted by atomic mass is 10.2. The Morgan fingerprint density at radius 3 is 2.59 bits per heavy atom.